The Bertz CT molecular complexity index is 743. The van der Waals surface area contributed by atoms with E-state index >= 15 is 0 Å². The smallest absolute Gasteiger partial charge is 0.307 e. The summed E-state index contributed by atoms with van der Waals surface area (Å²) in [4.78, 5) is 32.6. The van der Waals surface area contributed by atoms with Crippen LogP contribution in [0.2, 0.25) is 0 Å². The third-order valence-electron chi connectivity index (χ3n) is 3.81. The van der Waals surface area contributed by atoms with Crippen molar-refractivity contribution in [2.75, 3.05) is 7.11 Å². The maximum absolute atomic E-state index is 12.4. The van der Waals surface area contributed by atoms with Gasteiger partial charge in [-0.1, -0.05) is 6.92 Å². The zero-order chi connectivity index (χ0) is 17.0. The fourth-order valence-electron chi connectivity index (χ4n) is 2.22. The summed E-state index contributed by atoms with van der Waals surface area (Å²) in [6, 6.07) is 4.96. The molecule has 0 bridgehead atoms. The summed E-state index contributed by atoms with van der Waals surface area (Å²) in [5, 5.41) is 2.85. The van der Waals surface area contributed by atoms with Gasteiger partial charge in [-0.15, -0.1) is 0 Å². The first-order chi connectivity index (χ1) is 10.9. The van der Waals surface area contributed by atoms with Gasteiger partial charge in [0.15, 0.2) is 0 Å². The zero-order valence-corrected chi connectivity index (χ0v) is 13.8. The van der Waals surface area contributed by atoms with Gasteiger partial charge in [-0.2, -0.15) is 0 Å². The van der Waals surface area contributed by atoms with Crippen LogP contribution in [0.4, 0.5) is 0 Å². The van der Waals surface area contributed by atoms with E-state index in [4.69, 9.17) is 0 Å². The van der Waals surface area contributed by atoms with Crippen molar-refractivity contribution in [2.24, 2.45) is 0 Å². The van der Waals surface area contributed by atoms with E-state index in [1.54, 1.807) is 18.2 Å². The number of ether oxygens (including phenoxy) is 1. The SMILES string of the molecule is CCC(CC(=O)OC)NC(=O)c1ccc2nc(C)c(C)nc2c1. The Kier molecular flexibility index (Phi) is 5.26. The summed E-state index contributed by atoms with van der Waals surface area (Å²) < 4.78 is 4.64. The van der Waals surface area contributed by atoms with Crippen molar-refractivity contribution in [1.82, 2.24) is 15.3 Å². The number of fused-ring (bicyclic) bond motifs is 1. The van der Waals surface area contributed by atoms with E-state index in [1.807, 2.05) is 20.8 Å². The lowest BCUT2D eigenvalue weighted by Gasteiger charge is -2.16. The van der Waals surface area contributed by atoms with Crippen LogP contribution in [0.3, 0.4) is 0 Å². The monoisotopic (exact) mass is 315 g/mol. The molecule has 1 aromatic heterocycles. The highest BCUT2D eigenvalue weighted by molar-refractivity contribution is 5.97. The van der Waals surface area contributed by atoms with Crippen molar-refractivity contribution in [1.29, 1.82) is 0 Å². The van der Waals surface area contributed by atoms with Crippen LogP contribution in [0.25, 0.3) is 11.0 Å². The van der Waals surface area contributed by atoms with Crippen molar-refractivity contribution in [3.63, 3.8) is 0 Å². The molecule has 2 rings (SSSR count). The fourth-order valence-corrected chi connectivity index (χ4v) is 2.22. The molecule has 0 saturated carbocycles. The molecule has 1 aromatic carbocycles. The summed E-state index contributed by atoms with van der Waals surface area (Å²) in [7, 11) is 1.34. The quantitative estimate of drug-likeness (QED) is 0.856. The number of aryl methyl sites for hydroxylation is 2. The van der Waals surface area contributed by atoms with E-state index in [0.717, 1.165) is 16.9 Å². The van der Waals surface area contributed by atoms with Gasteiger partial charge in [0.2, 0.25) is 0 Å². The zero-order valence-electron chi connectivity index (χ0n) is 13.8. The predicted octanol–water partition coefficient (Wildman–Crippen LogP) is 2.32. The standard InChI is InChI=1S/C17H21N3O3/c1-5-13(9-16(21)23-4)20-17(22)12-6-7-14-15(8-12)19-11(3)10(2)18-14/h6-8,13H,5,9H2,1-4H3,(H,20,22). The Morgan fingerprint density at radius 3 is 2.43 bits per heavy atom. The second-order valence-corrected chi connectivity index (χ2v) is 5.46. The molecule has 1 N–H and O–H groups in total. The van der Waals surface area contributed by atoms with Crippen LogP contribution in [0, 0.1) is 13.8 Å². The minimum absolute atomic E-state index is 0.157. The number of carbonyl (C=O) groups excluding carboxylic acids is 2. The number of hydrogen-bond acceptors (Lipinski definition) is 5. The molecular formula is C17H21N3O3. The molecule has 1 unspecified atom stereocenters. The third kappa shape index (κ3) is 4.03. The molecule has 1 heterocycles. The Labute approximate surface area is 135 Å². The molecule has 0 aliphatic carbocycles. The van der Waals surface area contributed by atoms with Crippen LogP contribution >= 0.6 is 0 Å². The average Bonchev–Trinajstić information content (AvgIpc) is 2.54. The summed E-state index contributed by atoms with van der Waals surface area (Å²) in [6.07, 6.45) is 0.803. The summed E-state index contributed by atoms with van der Waals surface area (Å²) in [6.45, 7) is 5.70. The van der Waals surface area contributed by atoms with Gasteiger partial charge in [0.25, 0.3) is 5.91 Å². The maximum atomic E-state index is 12.4. The predicted molar refractivity (Wildman–Crippen MR) is 87.2 cm³/mol. The molecule has 6 nitrogen and oxygen atoms in total. The Balaban J connectivity index is 2.20. The normalized spacial score (nSPS) is 12.0. The molecule has 1 atom stereocenters. The Hall–Kier alpha value is -2.50. The second-order valence-electron chi connectivity index (χ2n) is 5.46. The fraction of sp³-hybridized carbons (Fsp3) is 0.412. The van der Waals surface area contributed by atoms with E-state index in [-0.39, 0.29) is 24.3 Å². The number of nitrogens with one attached hydrogen (secondary N) is 1. The number of methoxy groups -OCH3 is 1. The molecule has 0 fully saturated rings. The Morgan fingerprint density at radius 1 is 1.17 bits per heavy atom. The molecule has 23 heavy (non-hydrogen) atoms. The molecule has 6 heteroatoms. The van der Waals surface area contributed by atoms with Gasteiger partial charge in [0, 0.05) is 11.6 Å². The highest BCUT2D eigenvalue weighted by Crippen LogP contribution is 2.15. The van der Waals surface area contributed by atoms with E-state index in [1.165, 1.54) is 7.11 Å². The van der Waals surface area contributed by atoms with Crippen molar-refractivity contribution < 1.29 is 14.3 Å². The molecule has 122 valence electrons. The molecule has 0 aliphatic rings. The highest BCUT2D eigenvalue weighted by Gasteiger charge is 2.16. The summed E-state index contributed by atoms with van der Waals surface area (Å²) in [5.41, 5.74) is 3.65. The number of aromatic nitrogens is 2. The number of nitrogens with zero attached hydrogens (tertiary/aromatic N) is 2. The molecular weight excluding hydrogens is 294 g/mol. The number of esters is 1. The summed E-state index contributed by atoms with van der Waals surface area (Å²) in [5.74, 6) is -0.574. The molecule has 0 radical (unpaired) electrons. The van der Waals surface area contributed by atoms with Crippen LogP contribution in [0.15, 0.2) is 18.2 Å². The van der Waals surface area contributed by atoms with Gasteiger partial charge in [-0.05, 0) is 38.5 Å². The first kappa shape index (κ1) is 16.9. The van der Waals surface area contributed by atoms with Gasteiger partial charge < -0.3 is 10.1 Å². The minimum Gasteiger partial charge on any atom is -0.469 e. The molecule has 2 aromatic rings. The number of amides is 1. The number of benzene rings is 1. The van der Waals surface area contributed by atoms with E-state index in [9.17, 15) is 9.59 Å². The lowest BCUT2D eigenvalue weighted by atomic mass is 10.1. The second kappa shape index (κ2) is 7.17. The number of hydrogen-bond donors (Lipinski definition) is 1. The van der Waals surface area contributed by atoms with Crippen LogP contribution in [0.1, 0.15) is 41.5 Å². The van der Waals surface area contributed by atoms with E-state index in [2.05, 4.69) is 20.0 Å². The van der Waals surface area contributed by atoms with Crippen LogP contribution in [0.5, 0.6) is 0 Å². The Morgan fingerprint density at radius 2 is 1.83 bits per heavy atom. The van der Waals surface area contributed by atoms with Crippen LogP contribution in [-0.4, -0.2) is 35.0 Å². The highest BCUT2D eigenvalue weighted by atomic mass is 16.5. The first-order valence-corrected chi connectivity index (χ1v) is 7.57. The van der Waals surface area contributed by atoms with E-state index in [0.29, 0.717) is 17.5 Å². The van der Waals surface area contributed by atoms with Crippen molar-refractivity contribution in [3.8, 4) is 0 Å². The molecule has 1 amide bonds. The van der Waals surface area contributed by atoms with Gasteiger partial charge >= 0.3 is 5.97 Å². The van der Waals surface area contributed by atoms with E-state index < -0.39 is 0 Å². The lowest BCUT2D eigenvalue weighted by Crippen LogP contribution is -2.36. The molecule has 0 aliphatic heterocycles. The molecule has 0 spiro atoms. The average molecular weight is 315 g/mol. The number of carbonyl (C=O) groups is 2. The topological polar surface area (TPSA) is 81.2 Å². The van der Waals surface area contributed by atoms with Crippen molar-refractivity contribution in [3.05, 3.63) is 35.2 Å². The van der Waals surface area contributed by atoms with Gasteiger partial charge in [0.1, 0.15) is 0 Å². The number of rotatable bonds is 5. The van der Waals surface area contributed by atoms with Gasteiger partial charge in [-0.25, -0.2) is 9.97 Å². The molecule has 0 saturated heterocycles. The third-order valence-corrected chi connectivity index (χ3v) is 3.81. The van der Waals surface area contributed by atoms with Crippen molar-refractivity contribution >= 4 is 22.9 Å². The van der Waals surface area contributed by atoms with Crippen LogP contribution in [-0.2, 0) is 9.53 Å². The van der Waals surface area contributed by atoms with Crippen molar-refractivity contribution in [2.45, 2.75) is 39.7 Å². The largest absolute Gasteiger partial charge is 0.469 e. The summed E-state index contributed by atoms with van der Waals surface area (Å²) >= 11 is 0. The van der Waals surface area contributed by atoms with Gasteiger partial charge in [-0.3, -0.25) is 9.59 Å². The lowest BCUT2D eigenvalue weighted by molar-refractivity contribution is -0.141. The first-order valence-electron chi connectivity index (χ1n) is 7.57. The van der Waals surface area contributed by atoms with Crippen LogP contribution < -0.4 is 5.32 Å². The minimum atomic E-state index is -0.340. The maximum Gasteiger partial charge on any atom is 0.307 e. The van der Waals surface area contributed by atoms with Gasteiger partial charge in [0.05, 0.1) is 36.0 Å².